The van der Waals surface area contributed by atoms with Gasteiger partial charge < -0.3 is 5.32 Å². The Morgan fingerprint density at radius 2 is 1.83 bits per heavy atom. The van der Waals surface area contributed by atoms with E-state index in [0.717, 1.165) is 18.5 Å². The number of nitrogens with zero attached hydrogens (tertiary/aromatic N) is 1. The Balaban J connectivity index is 1.51. The predicted molar refractivity (Wildman–Crippen MR) is 90.9 cm³/mol. The van der Waals surface area contributed by atoms with Gasteiger partial charge in [0.1, 0.15) is 0 Å². The van der Waals surface area contributed by atoms with E-state index in [2.05, 4.69) is 35.7 Å². The summed E-state index contributed by atoms with van der Waals surface area (Å²) in [5.74, 6) is 1.11. The summed E-state index contributed by atoms with van der Waals surface area (Å²) in [6.45, 7) is 0. The van der Waals surface area contributed by atoms with Crippen LogP contribution >= 0.6 is 0 Å². The van der Waals surface area contributed by atoms with Crippen molar-refractivity contribution in [1.82, 2.24) is 0 Å². The maximum Gasteiger partial charge on any atom is 0.224 e. The summed E-state index contributed by atoms with van der Waals surface area (Å²) in [5, 5.41) is 11.7. The summed E-state index contributed by atoms with van der Waals surface area (Å²) in [7, 11) is 0. The molecule has 0 aliphatic heterocycles. The monoisotopic (exact) mass is 304 g/mol. The van der Waals surface area contributed by atoms with E-state index in [1.165, 1.54) is 12.0 Å². The number of amides is 1. The number of carbonyl (C=O) groups excluding carboxylic acids is 1. The molecule has 1 aliphatic rings. The van der Waals surface area contributed by atoms with E-state index < -0.39 is 0 Å². The van der Waals surface area contributed by atoms with Gasteiger partial charge in [0.2, 0.25) is 5.91 Å². The van der Waals surface area contributed by atoms with Crippen LogP contribution in [-0.2, 0) is 4.79 Å². The zero-order valence-electron chi connectivity index (χ0n) is 13.0. The van der Waals surface area contributed by atoms with E-state index in [-0.39, 0.29) is 5.91 Å². The number of nitriles is 1. The first-order valence-electron chi connectivity index (χ1n) is 8.09. The smallest absolute Gasteiger partial charge is 0.224 e. The zero-order chi connectivity index (χ0) is 16.1. The van der Waals surface area contributed by atoms with Gasteiger partial charge in [-0.3, -0.25) is 4.79 Å². The van der Waals surface area contributed by atoms with E-state index in [1.807, 2.05) is 6.07 Å². The van der Waals surface area contributed by atoms with Gasteiger partial charge >= 0.3 is 0 Å². The highest BCUT2D eigenvalue weighted by molar-refractivity contribution is 5.90. The third-order valence-corrected chi connectivity index (χ3v) is 4.58. The highest BCUT2D eigenvalue weighted by Crippen LogP contribution is 2.39. The molecule has 2 aromatic carbocycles. The van der Waals surface area contributed by atoms with Gasteiger partial charge in [0.05, 0.1) is 11.6 Å². The highest BCUT2D eigenvalue weighted by Gasteiger charge is 2.27. The first-order chi connectivity index (χ1) is 11.2. The summed E-state index contributed by atoms with van der Waals surface area (Å²) in [5.41, 5.74) is 2.75. The fourth-order valence-corrected chi connectivity index (χ4v) is 3.39. The standard InChI is InChI=1S/C20H20N2O/c21-14-15-7-10-19(11-8-15)22-20(23)13-16-6-9-18(12-16)17-4-2-1-3-5-17/h1-5,7-8,10-11,16,18H,6,9,12-13H2,(H,22,23). The van der Waals surface area contributed by atoms with Crippen LogP contribution in [0.25, 0.3) is 0 Å². The number of benzene rings is 2. The fraction of sp³-hybridized carbons (Fsp3) is 0.300. The lowest BCUT2D eigenvalue weighted by Crippen LogP contribution is -2.15. The molecule has 3 rings (SSSR count). The van der Waals surface area contributed by atoms with E-state index >= 15 is 0 Å². The Kier molecular flexibility index (Phi) is 4.73. The van der Waals surface area contributed by atoms with Crippen LogP contribution in [0, 0.1) is 17.2 Å². The Bertz CT molecular complexity index is 701. The molecule has 0 aromatic heterocycles. The van der Waals surface area contributed by atoms with Crippen molar-refractivity contribution in [3.05, 3.63) is 65.7 Å². The van der Waals surface area contributed by atoms with Gasteiger partial charge in [-0.25, -0.2) is 0 Å². The molecule has 0 bridgehead atoms. The van der Waals surface area contributed by atoms with Crippen molar-refractivity contribution in [3.8, 4) is 6.07 Å². The molecule has 116 valence electrons. The van der Waals surface area contributed by atoms with E-state index in [1.54, 1.807) is 24.3 Å². The third-order valence-electron chi connectivity index (χ3n) is 4.58. The van der Waals surface area contributed by atoms with Crippen LogP contribution in [0.5, 0.6) is 0 Å². The molecule has 23 heavy (non-hydrogen) atoms. The van der Waals surface area contributed by atoms with Crippen LogP contribution in [0.15, 0.2) is 54.6 Å². The molecule has 1 aliphatic carbocycles. The van der Waals surface area contributed by atoms with Gasteiger partial charge in [0.15, 0.2) is 0 Å². The Hall–Kier alpha value is -2.60. The Morgan fingerprint density at radius 1 is 1.09 bits per heavy atom. The second kappa shape index (κ2) is 7.11. The molecule has 0 spiro atoms. The zero-order valence-corrected chi connectivity index (χ0v) is 13.0. The quantitative estimate of drug-likeness (QED) is 0.906. The molecule has 3 heteroatoms. The maximum absolute atomic E-state index is 12.2. The molecule has 2 unspecified atom stereocenters. The molecular weight excluding hydrogens is 284 g/mol. The van der Waals surface area contributed by atoms with Crippen LogP contribution in [0.3, 0.4) is 0 Å². The summed E-state index contributed by atoms with van der Waals surface area (Å²) in [6.07, 6.45) is 3.94. The predicted octanol–water partition coefficient (Wildman–Crippen LogP) is 4.47. The lowest BCUT2D eigenvalue weighted by molar-refractivity contribution is -0.117. The van der Waals surface area contributed by atoms with Crippen LogP contribution in [0.1, 0.15) is 42.7 Å². The number of rotatable bonds is 4. The molecule has 1 amide bonds. The lowest BCUT2D eigenvalue weighted by atomic mass is 9.95. The Labute approximate surface area is 137 Å². The molecule has 2 atom stereocenters. The van der Waals surface area contributed by atoms with Gasteiger partial charge in [0, 0.05) is 12.1 Å². The SMILES string of the molecule is N#Cc1ccc(NC(=O)CC2CCC(c3ccccc3)C2)cc1. The highest BCUT2D eigenvalue weighted by atomic mass is 16.1. The minimum absolute atomic E-state index is 0.0634. The second-order valence-corrected chi connectivity index (χ2v) is 6.23. The average molecular weight is 304 g/mol. The van der Waals surface area contributed by atoms with E-state index in [0.29, 0.717) is 23.8 Å². The molecule has 0 saturated heterocycles. The molecule has 2 aromatic rings. The number of hydrogen-bond acceptors (Lipinski definition) is 2. The van der Waals surface area contributed by atoms with Crippen LogP contribution < -0.4 is 5.32 Å². The molecule has 1 fully saturated rings. The molecular formula is C20H20N2O. The van der Waals surface area contributed by atoms with Crippen molar-refractivity contribution in [1.29, 1.82) is 5.26 Å². The molecule has 3 nitrogen and oxygen atoms in total. The number of carbonyl (C=O) groups is 1. The van der Waals surface area contributed by atoms with Crippen molar-refractivity contribution >= 4 is 11.6 Å². The van der Waals surface area contributed by atoms with Gasteiger partial charge in [-0.2, -0.15) is 5.26 Å². The van der Waals surface area contributed by atoms with Gasteiger partial charge in [-0.05, 0) is 60.9 Å². The van der Waals surface area contributed by atoms with Gasteiger partial charge in [-0.15, -0.1) is 0 Å². The average Bonchev–Trinajstić information content (AvgIpc) is 3.04. The number of anilines is 1. The third kappa shape index (κ3) is 3.98. The largest absolute Gasteiger partial charge is 0.326 e. The van der Waals surface area contributed by atoms with Crippen molar-refractivity contribution in [2.24, 2.45) is 5.92 Å². The minimum atomic E-state index is 0.0634. The van der Waals surface area contributed by atoms with Gasteiger partial charge in [0.25, 0.3) is 0 Å². The van der Waals surface area contributed by atoms with Crippen molar-refractivity contribution < 1.29 is 4.79 Å². The second-order valence-electron chi connectivity index (χ2n) is 6.23. The van der Waals surface area contributed by atoms with Crippen molar-refractivity contribution in [2.75, 3.05) is 5.32 Å². The van der Waals surface area contributed by atoms with Crippen LogP contribution in [-0.4, -0.2) is 5.91 Å². The van der Waals surface area contributed by atoms with Crippen LogP contribution in [0.4, 0.5) is 5.69 Å². The summed E-state index contributed by atoms with van der Waals surface area (Å²) in [4.78, 5) is 12.2. The maximum atomic E-state index is 12.2. The number of nitrogens with one attached hydrogen (secondary N) is 1. The summed E-state index contributed by atoms with van der Waals surface area (Å²) < 4.78 is 0. The number of hydrogen-bond donors (Lipinski definition) is 1. The van der Waals surface area contributed by atoms with Gasteiger partial charge in [-0.1, -0.05) is 30.3 Å². The van der Waals surface area contributed by atoms with Crippen LogP contribution in [0.2, 0.25) is 0 Å². The molecule has 1 N–H and O–H groups in total. The van der Waals surface area contributed by atoms with Crippen molar-refractivity contribution in [3.63, 3.8) is 0 Å². The summed E-state index contributed by atoms with van der Waals surface area (Å²) >= 11 is 0. The molecule has 0 heterocycles. The lowest BCUT2D eigenvalue weighted by Gasteiger charge is -2.12. The minimum Gasteiger partial charge on any atom is -0.326 e. The molecule has 1 saturated carbocycles. The first-order valence-corrected chi connectivity index (χ1v) is 8.09. The fourth-order valence-electron chi connectivity index (χ4n) is 3.39. The van der Waals surface area contributed by atoms with Crippen molar-refractivity contribution in [2.45, 2.75) is 31.6 Å². The first kappa shape index (κ1) is 15.3. The Morgan fingerprint density at radius 3 is 2.52 bits per heavy atom. The molecule has 0 radical (unpaired) electrons. The summed E-state index contributed by atoms with van der Waals surface area (Å²) in [6, 6.07) is 19.6. The topological polar surface area (TPSA) is 52.9 Å². The normalized spacial score (nSPS) is 20.0. The van der Waals surface area contributed by atoms with E-state index in [4.69, 9.17) is 5.26 Å². The van der Waals surface area contributed by atoms with E-state index in [9.17, 15) is 4.79 Å².